The highest BCUT2D eigenvalue weighted by atomic mass is 16.3. The largest absolute Gasteiger partial charge is 0.374 e. The van der Waals surface area contributed by atoms with E-state index in [2.05, 4.69) is 18.0 Å². The number of anilines is 1. The summed E-state index contributed by atoms with van der Waals surface area (Å²) in [4.78, 5) is 13.9. The van der Waals surface area contributed by atoms with Crippen LogP contribution in [0.15, 0.2) is 47.2 Å². The van der Waals surface area contributed by atoms with Crippen LogP contribution in [0.25, 0.3) is 6.08 Å². The molecule has 0 fully saturated rings. The smallest absolute Gasteiger partial charge is 0.234 e. The molecule has 4 nitrogen and oxygen atoms in total. The number of hydrogen-bond acceptors (Lipinski definition) is 3. The number of nitrogens with one attached hydrogen (secondary N) is 1. The third-order valence-corrected chi connectivity index (χ3v) is 5.48. The van der Waals surface area contributed by atoms with E-state index in [4.69, 9.17) is 0 Å². The molecular formula is C22H30N2O2. The Bertz CT molecular complexity index is 813. The fourth-order valence-electron chi connectivity index (χ4n) is 3.10. The van der Waals surface area contributed by atoms with Gasteiger partial charge in [0.15, 0.2) is 0 Å². The summed E-state index contributed by atoms with van der Waals surface area (Å²) < 4.78 is 0. The van der Waals surface area contributed by atoms with Crippen molar-refractivity contribution >= 4 is 17.7 Å². The first-order valence-electron chi connectivity index (χ1n) is 8.89. The summed E-state index contributed by atoms with van der Waals surface area (Å²) in [6, 6.07) is 6.06. The lowest BCUT2D eigenvalue weighted by Crippen LogP contribution is -2.27. The monoisotopic (exact) mass is 354 g/mol. The molecule has 0 bridgehead atoms. The molecule has 0 radical (unpaired) electrons. The number of benzene rings is 1. The van der Waals surface area contributed by atoms with E-state index in [1.807, 2.05) is 64.8 Å². The molecule has 4 heteroatoms. The first kappa shape index (κ1) is 20.0. The highest BCUT2D eigenvalue weighted by Gasteiger charge is 2.38. The lowest BCUT2D eigenvalue weighted by Gasteiger charge is -2.26. The standard InChI is InChI=1S/C22H30N2O2/c1-13(14(2)15(3)16(4)24(8)17(5)25)11-18-9-10-19-20(12-18)23-21(26)22(19,6)7/h9-12,17,25H,2H2,1,3-8H3,(H,23,26). The molecule has 0 aromatic heterocycles. The summed E-state index contributed by atoms with van der Waals surface area (Å²) in [5.74, 6) is 0.0327. The fourth-order valence-corrected chi connectivity index (χ4v) is 3.10. The van der Waals surface area contributed by atoms with Crippen LogP contribution >= 0.6 is 0 Å². The molecule has 140 valence electrons. The maximum atomic E-state index is 12.1. The minimum absolute atomic E-state index is 0.0327. The zero-order valence-electron chi connectivity index (χ0n) is 16.9. The molecule has 1 amide bonds. The summed E-state index contributed by atoms with van der Waals surface area (Å²) in [6.07, 6.45) is 1.52. The first-order chi connectivity index (χ1) is 12.0. The van der Waals surface area contributed by atoms with E-state index < -0.39 is 11.6 Å². The summed E-state index contributed by atoms with van der Waals surface area (Å²) >= 11 is 0. The first-order valence-corrected chi connectivity index (χ1v) is 8.89. The van der Waals surface area contributed by atoms with Crippen molar-refractivity contribution in [3.63, 3.8) is 0 Å². The Labute approximate surface area is 156 Å². The van der Waals surface area contributed by atoms with E-state index in [1.54, 1.807) is 6.92 Å². The van der Waals surface area contributed by atoms with Gasteiger partial charge in [-0.3, -0.25) is 4.79 Å². The van der Waals surface area contributed by atoms with Crippen molar-refractivity contribution in [1.29, 1.82) is 0 Å². The van der Waals surface area contributed by atoms with Crippen molar-refractivity contribution in [3.8, 4) is 0 Å². The Morgan fingerprint density at radius 2 is 1.92 bits per heavy atom. The Hall–Kier alpha value is -2.33. The minimum atomic E-state index is -0.550. The van der Waals surface area contributed by atoms with Crippen LogP contribution in [-0.4, -0.2) is 29.2 Å². The summed E-state index contributed by atoms with van der Waals surface area (Å²) in [5, 5.41) is 12.7. The van der Waals surface area contributed by atoms with Crippen LogP contribution < -0.4 is 5.32 Å². The molecule has 1 unspecified atom stereocenters. The molecule has 1 atom stereocenters. The zero-order valence-corrected chi connectivity index (χ0v) is 16.9. The molecule has 26 heavy (non-hydrogen) atoms. The number of hydrogen-bond donors (Lipinski definition) is 2. The lowest BCUT2D eigenvalue weighted by atomic mass is 9.85. The van der Waals surface area contributed by atoms with Crippen LogP contribution in [0.3, 0.4) is 0 Å². The van der Waals surface area contributed by atoms with Crippen LogP contribution in [-0.2, 0) is 10.2 Å². The number of aliphatic hydroxyl groups excluding tert-OH is 1. The number of nitrogens with zero attached hydrogens (tertiary/aromatic N) is 1. The average Bonchev–Trinajstić information content (AvgIpc) is 2.80. The van der Waals surface area contributed by atoms with Gasteiger partial charge in [-0.2, -0.15) is 0 Å². The van der Waals surface area contributed by atoms with Gasteiger partial charge in [-0.25, -0.2) is 0 Å². The third kappa shape index (κ3) is 3.61. The summed E-state index contributed by atoms with van der Waals surface area (Å²) in [5.41, 5.74) is 6.45. The predicted octanol–water partition coefficient (Wildman–Crippen LogP) is 4.44. The summed E-state index contributed by atoms with van der Waals surface area (Å²) in [6.45, 7) is 15.8. The van der Waals surface area contributed by atoms with Crippen LogP contribution in [0.5, 0.6) is 0 Å². The van der Waals surface area contributed by atoms with E-state index >= 15 is 0 Å². The van der Waals surface area contributed by atoms with Crippen molar-refractivity contribution in [2.45, 2.75) is 53.2 Å². The van der Waals surface area contributed by atoms with E-state index in [-0.39, 0.29) is 5.91 Å². The highest BCUT2D eigenvalue weighted by molar-refractivity contribution is 6.05. The second-order valence-corrected chi connectivity index (χ2v) is 7.64. The molecule has 0 saturated heterocycles. The van der Waals surface area contributed by atoms with Crippen molar-refractivity contribution in [3.05, 3.63) is 58.3 Å². The third-order valence-electron chi connectivity index (χ3n) is 5.48. The molecule has 0 spiro atoms. The van der Waals surface area contributed by atoms with Gasteiger partial charge in [0.25, 0.3) is 0 Å². The molecule has 1 aromatic rings. The number of carbonyl (C=O) groups is 1. The fraction of sp³-hybridized carbons (Fsp3) is 0.409. The van der Waals surface area contributed by atoms with E-state index in [0.717, 1.165) is 39.2 Å². The van der Waals surface area contributed by atoms with Crippen LogP contribution in [0.4, 0.5) is 5.69 Å². The number of allylic oxidation sites excluding steroid dienone is 4. The average molecular weight is 354 g/mol. The normalized spacial score (nSPS) is 18.0. The molecule has 1 heterocycles. The van der Waals surface area contributed by atoms with Crippen molar-refractivity contribution in [2.24, 2.45) is 0 Å². The van der Waals surface area contributed by atoms with Gasteiger partial charge in [-0.1, -0.05) is 24.8 Å². The molecule has 0 saturated carbocycles. The topological polar surface area (TPSA) is 52.6 Å². The van der Waals surface area contributed by atoms with E-state index in [0.29, 0.717) is 0 Å². The molecule has 2 rings (SSSR count). The Balaban J connectivity index is 2.31. The van der Waals surface area contributed by atoms with Gasteiger partial charge in [0.1, 0.15) is 6.23 Å². The van der Waals surface area contributed by atoms with Gasteiger partial charge >= 0.3 is 0 Å². The number of fused-ring (bicyclic) bond motifs is 1. The van der Waals surface area contributed by atoms with Crippen molar-refractivity contribution < 1.29 is 9.90 Å². The molecular weight excluding hydrogens is 324 g/mol. The molecule has 1 aliphatic heterocycles. The molecule has 0 aliphatic carbocycles. The highest BCUT2D eigenvalue weighted by Crippen LogP contribution is 2.38. The Morgan fingerprint density at radius 3 is 2.50 bits per heavy atom. The van der Waals surface area contributed by atoms with Gasteiger partial charge in [0.05, 0.1) is 5.41 Å². The zero-order chi connectivity index (χ0) is 19.8. The number of carbonyl (C=O) groups excluding carboxylic acids is 1. The minimum Gasteiger partial charge on any atom is -0.374 e. The second kappa shape index (κ2) is 7.12. The Kier molecular flexibility index (Phi) is 5.47. The van der Waals surface area contributed by atoms with Crippen LogP contribution in [0.1, 0.15) is 52.7 Å². The molecule has 1 aliphatic rings. The second-order valence-electron chi connectivity index (χ2n) is 7.64. The number of rotatable bonds is 5. The van der Waals surface area contributed by atoms with Crippen LogP contribution in [0.2, 0.25) is 0 Å². The van der Waals surface area contributed by atoms with Crippen molar-refractivity contribution in [2.75, 3.05) is 12.4 Å². The number of aliphatic hydroxyl groups is 1. The van der Waals surface area contributed by atoms with Gasteiger partial charge in [-0.15, -0.1) is 0 Å². The lowest BCUT2D eigenvalue weighted by molar-refractivity contribution is -0.119. The van der Waals surface area contributed by atoms with E-state index in [1.165, 1.54) is 0 Å². The molecule has 1 aromatic carbocycles. The molecule has 2 N–H and O–H groups in total. The van der Waals surface area contributed by atoms with Gasteiger partial charge in [0, 0.05) is 18.4 Å². The number of amides is 1. The van der Waals surface area contributed by atoms with Crippen LogP contribution in [0, 0.1) is 0 Å². The maximum Gasteiger partial charge on any atom is 0.234 e. The predicted molar refractivity (Wildman–Crippen MR) is 109 cm³/mol. The van der Waals surface area contributed by atoms with Gasteiger partial charge < -0.3 is 15.3 Å². The maximum absolute atomic E-state index is 12.1. The quantitative estimate of drug-likeness (QED) is 0.607. The van der Waals surface area contributed by atoms with Gasteiger partial charge in [-0.05, 0) is 75.5 Å². The Morgan fingerprint density at radius 1 is 1.31 bits per heavy atom. The summed E-state index contributed by atoms with van der Waals surface area (Å²) in [7, 11) is 1.86. The SMILES string of the molecule is C=C(C(C)=Cc1ccc2c(c1)NC(=O)C2(C)C)C(C)=C(C)N(C)C(C)O. The van der Waals surface area contributed by atoms with Crippen molar-refractivity contribution in [1.82, 2.24) is 4.90 Å². The van der Waals surface area contributed by atoms with Gasteiger partial charge in [0.2, 0.25) is 5.91 Å². The van der Waals surface area contributed by atoms with E-state index in [9.17, 15) is 9.90 Å².